The second-order valence-electron chi connectivity index (χ2n) is 5.65. The van der Waals surface area contributed by atoms with Crippen molar-refractivity contribution >= 4 is 17.4 Å². The van der Waals surface area contributed by atoms with E-state index in [1.54, 1.807) is 6.92 Å². The number of carbonyl (C=O) groups is 2. The SMILES string of the molecule is C[C@H](NC(=O)C(C)(C)C)C(=O)CCC1=NCC=C1. The minimum absolute atomic E-state index is 0.0515. The Kier molecular flexibility index (Phi) is 4.82. The molecular weight excluding hydrogens is 228 g/mol. The van der Waals surface area contributed by atoms with Gasteiger partial charge in [0.15, 0.2) is 5.78 Å². The number of ketones is 1. The first-order valence-corrected chi connectivity index (χ1v) is 6.34. The van der Waals surface area contributed by atoms with Crippen molar-refractivity contribution in [3.63, 3.8) is 0 Å². The largest absolute Gasteiger partial charge is 0.346 e. The summed E-state index contributed by atoms with van der Waals surface area (Å²) >= 11 is 0. The van der Waals surface area contributed by atoms with Gasteiger partial charge in [-0.3, -0.25) is 14.6 Å². The Morgan fingerprint density at radius 1 is 1.44 bits per heavy atom. The maximum absolute atomic E-state index is 11.9. The lowest BCUT2D eigenvalue weighted by atomic mass is 9.95. The molecule has 0 unspecified atom stereocenters. The van der Waals surface area contributed by atoms with Gasteiger partial charge in [-0.15, -0.1) is 0 Å². The fraction of sp³-hybridized carbons (Fsp3) is 0.643. The predicted octanol–water partition coefficient (Wildman–Crippen LogP) is 1.90. The molecule has 18 heavy (non-hydrogen) atoms. The van der Waals surface area contributed by atoms with Crippen LogP contribution in [0.25, 0.3) is 0 Å². The number of hydrogen-bond acceptors (Lipinski definition) is 3. The third-order valence-electron chi connectivity index (χ3n) is 2.85. The van der Waals surface area contributed by atoms with Crippen LogP contribution in [0.4, 0.5) is 0 Å². The van der Waals surface area contributed by atoms with Crippen molar-refractivity contribution in [2.24, 2.45) is 10.4 Å². The van der Waals surface area contributed by atoms with E-state index in [-0.39, 0.29) is 11.7 Å². The van der Waals surface area contributed by atoms with Crippen molar-refractivity contribution in [3.8, 4) is 0 Å². The van der Waals surface area contributed by atoms with E-state index in [1.807, 2.05) is 32.9 Å². The van der Waals surface area contributed by atoms with Crippen LogP contribution in [-0.4, -0.2) is 30.0 Å². The van der Waals surface area contributed by atoms with Gasteiger partial charge < -0.3 is 5.32 Å². The molecule has 0 saturated carbocycles. The Balaban J connectivity index is 2.37. The monoisotopic (exact) mass is 250 g/mol. The second kappa shape index (κ2) is 5.94. The summed E-state index contributed by atoms with van der Waals surface area (Å²) in [6.45, 7) is 7.95. The number of carbonyl (C=O) groups excluding carboxylic acids is 2. The number of amides is 1. The van der Waals surface area contributed by atoms with E-state index in [0.29, 0.717) is 12.8 Å². The minimum Gasteiger partial charge on any atom is -0.346 e. The van der Waals surface area contributed by atoms with Crippen LogP contribution in [0.3, 0.4) is 0 Å². The van der Waals surface area contributed by atoms with Gasteiger partial charge in [-0.1, -0.05) is 26.8 Å². The van der Waals surface area contributed by atoms with Crippen molar-refractivity contribution in [2.45, 2.75) is 46.6 Å². The van der Waals surface area contributed by atoms with Crippen LogP contribution in [0, 0.1) is 5.41 Å². The summed E-state index contributed by atoms with van der Waals surface area (Å²) in [7, 11) is 0. The van der Waals surface area contributed by atoms with Gasteiger partial charge in [-0.05, 0) is 19.4 Å². The number of nitrogens with zero attached hydrogens (tertiary/aromatic N) is 1. The summed E-state index contributed by atoms with van der Waals surface area (Å²) in [5.41, 5.74) is 0.505. The normalized spacial score (nSPS) is 16.3. The van der Waals surface area contributed by atoms with E-state index in [4.69, 9.17) is 0 Å². The van der Waals surface area contributed by atoms with E-state index >= 15 is 0 Å². The first-order chi connectivity index (χ1) is 8.30. The molecular formula is C14H22N2O2. The van der Waals surface area contributed by atoms with Crippen LogP contribution in [0.2, 0.25) is 0 Å². The predicted molar refractivity (Wildman–Crippen MR) is 72.7 cm³/mol. The molecule has 0 bridgehead atoms. The Hall–Kier alpha value is -1.45. The third-order valence-corrected chi connectivity index (χ3v) is 2.85. The average molecular weight is 250 g/mol. The molecule has 0 aromatic rings. The van der Waals surface area contributed by atoms with Gasteiger partial charge in [0.05, 0.1) is 12.6 Å². The van der Waals surface area contributed by atoms with Gasteiger partial charge in [0.2, 0.25) is 5.91 Å². The van der Waals surface area contributed by atoms with E-state index in [0.717, 1.165) is 12.3 Å². The highest BCUT2D eigenvalue weighted by Gasteiger charge is 2.24. The second-order valence-corrected chi connectivity index (χ2v) is 5.65. The van der Waals surface area contributed by atoms with Crippen LogP contribution >= 0.6 is 0 Å². The maximum Gasteiger partial charge on any atom is 0.225 e. The average Bonchev–Trinajstić information content (AvgIpc) is 2.77. The molecule has 1 aliphatic rings. The number of hydrogen-bond donors (Lipinski definition) is 1. The topological polar surface area (TPSA) is 58.5 Å². The molecule has 0 radical (unpaired) electrons. The zero-order valence-electron chi connectivity index (χ0n) is 11.6. The number of rotatable bonds is 5. The minimum atomic E-state index is -0.465. The van der Waals surface area contributed by atoms with Crippen molar-refractivity contribution in [1.29, 1.82) is 0 Å². The van der Waals surface area contributed by atoms with Crippen LogP contribution in [0.5, 0.6) is 0 Å². The van der Waals surface area contributed by atoms with Gasteiger partial charge in [-0.2, -0.15) is 0 Å². The standard InChI is InChI=1S/C14H22N2O2/c1-10(16-13(18)14(2,3)4)12(17)8-7-11-6-5-9-15-11/h5-6,10H,7-9H2,1-4H3,(H,16,18)/t10-/m0/s1. The maximum atomic E-state index is 11.9. The molecule has 4 heteroatoms. The van der Waals surface area contributed by atoms with Gasteiger partial charge in [-0.25, -0.2) is 0 Å². The summed E-state index contributed by atoms with van der Waals surface area (Å²) in [4.78, 5) is 27.8. The van der Waals surface area contributed by atoms with E-state index in [2.05, 4.69) is 10.3 Å². The summed E-state index contributed by atoms with van der Waals surface area (Å²) in [5, 5.41) is 2.75. The molecule has 100 valence electrons. The summed E-state index contributed by atoms with van der Waals surface area (Å²) in [5.74, 6) is -0.0444. The zero-order valence-corrected chi connectivity index (χ0v) is 11.6. The highest BCUT2D eigenvalue weighted by atomic mass is 16.2. The highest BCUT2D eigenvalue weighted by molar-refractivity contribution is 5.99. The number of Topliss-reactive ketones (excluding diaryl/α,β-unsaturated/α-hetero) is 1. The molecule has 1 aliphatic heterocycles. The molecule has 4 nitrogen and oxygen atoms in total. The van der Waals surface area contributed by atoms with Crippen molar-refractivity contribution in [2.75, 3.05) is 6.54 Å². The summed E-state index contributed by atoms with van der Waals surface area (Å²) < 4.78 is 0. The lowest BCUT2D eigenvalue weighted by Crippen LogP contribution is -2.44. The lowest BCUT2D eigenvalue weighted by Gasteiger charge is -2.21. The molecule has 0 fully saturated rings. The molecule has 0 aliphatic carbocycles. The van der Waals surface area contributed by atoms with Crippen molar-refractivity contribution < 1.29 is 9.59 Å². The van der Waals surface area contributed by atoms with Crippen LogP contribution in [0.1, 0.15) is 40.5 Å². The first-order valence-electron chi connectivity index (χ1n) is 6.34. The van der Waals surface area contributed by atoms with Crippen LogP contribution in [-0.2, 0) is 9.59 Å². The van der Waals surface area contributed by atoms with E-state index < -0.39 is 11.5 Å². The fourth-order valence-electron chi connectivity index (χ4n) is 1.54. The highest BCUT2D eigenvalue weighted by Crippen LogP contribution is 2.13. The molecule has 1 rings (SSSR count). The lowest BCUT2D eigenvalue weighted by molar-refractivity contribution is -0.132. The fourth-order valence-corrected chi connectivity index (χ4v) is 1.54. The molecule has 1 heterocycles. The van der Waals surface area contributed by atoms with Crippen molar-refractivity contribution in [3.05, 3.63) is 12.2 Å². The third kappa shape index (κ3) is 4.43. The Morgan fingerprint density at radius 2 is 2.11 bits per heavy atom. The van der Waals surface area contributed by atoms with Gasteiger partial charge in [0, 0.05) is 17.5 Å². The smallest absolute Gasteiger partial charge is 0.225 e. The van der Waals surface area contributed by atoms with E-state index in [9.17, 15) is 9.59 Å². The molecule has 0 spiro atoms. The molecule has 1 N–H and O–H groups in total. The Labute approximate surface area is 109 Å². The Morgan fingerprint density at radius 3 is 2.61 bits per heavy atom. The van der Waals surface area contributed by atoms with Crippen LogP contribution < -0.4 is 5.32 Å². The van der Waals surface area contributed by atoms with Crippen LogP contribution in [0.15, 0.2) is 17.1 Å². The quantitative estimate of drug-likeness (QED) is 0.810. The van der Waals surface area contributed by atoms with Crippen molar-refractivity contribution in [1.82, 2.24) is 5.32 Å². The molecule has 1 amide bonds. The molecule has 0 saturated heterocycles. The van der Waals surface area contributed by atoms with Gasteiger partial charge in [0.25, 0.3) is 0 Å². The number of nitrogens with one attached hydrogen (secondary N) is 1. The number of aliphatic imine (C=N–C) groups is 1. The van der Waals surface area contributed by atoms with E-state index in [1.165, 1.54) is 0 Å². The van der Waals surface area contributed by atoms with Gasteiger partial charge >= 0.3 is 0 Å². The molecule has 1 atom stereocenters. The zero-order chi connectivity index (χ0) is 13.8. The number of allylic oxidation sites excluding steroid dienone is 1. The summed E-state index contributed by atoms with van der Waals surface area (Å²) in [6, 6.07) is -0.428. The first kappa shape index (κ1) is 14.6. The molecule has 0 aromatic heterocycles. The molecule has 0 aromatic carbocycles. The van der Waals surface area contributed by atoms with Gasteiger partial charge in [0.1, 0.15) is 0 Å². The Bertz CT molecular complexity index is 389. The summed E-state index contributed by atoms with van der Waals surface area (Å²) in [6.07, 6.45) is 5.01.